The minimum absolute atomic E-state index is 0.212. The van der Waals surface area contributed by atoms with Gasteiger partial charge in [0, 0.05) is 29.5 Å². The average molecular weight is 397 g/mol. The van der Waals surface area contributed by atoms with Gasteiger partial charge in [-0.25, -0.2) is 0 Å². The van der Waals surface area contributed by atoms with Crippen LogP contribution in [0.15, 0.2) is 30.3 Å². The van der Waals surface area contributed by atoms with Crippen LogP contribution in [0.4, 0.5) is 17.1 Å². The molecule has 2 aromatic carbocycles. The number of nitriles is 1. The van der Waals surface area contributed by atoms with Crippen LogP contribution in [0.3, 0.4) is 0 Å². The Bertz CT molecular complexity index is 861. The fraction of sp³-hybridized carbons (Fsp3) is 0.409. The maximum absolute atomic E-state index is 9.71. The van der Waals surface area contributed by atoms with E-state index in [0.717, 1.165) is 42.7 Å². The lowest BCUT2D eigenvalue weighted by molar-refractivity contribution is 0.126. The van der Waals surface area contributed by atoms with Gasteiger partial charge in [-0.3, -0.25) is 0 Å². The van der Waals surface area contributed by atoms with E-state index in [-0.39, 0.29) is 12.1 Å². The molecule has 0 spiro atoms. The molecule has 2 aromatic rings. The molecule has 154 valence electrons. The predicted octanol–water partition coefficient (Wildman–Crippen LogP) is 4.04. The van der Waals surface area contributed by atoms with Crippen molar-refractivity contribution in [1.82, 2.24) is 0 Å². The monoisotopic (exact) mass is 397 g/mol. The summed E-state index contributed by atoms with van der Waals surface area (Å²) in [7, 11) is 4.72. The van der Waals surface area contributed by atoms with Crippen LogP contribution < -0.4 is 24.8 Å². The maximum Gasteiger partial charge on any atom is 0.203 e. The molecule has 0 atom stereocenters. The van der Waals surface area contributed by atoms with Gasteiger partial charge in [0.2, 0.25) is 5.75 Å². The lowest BCUT2D eigenvalue weighted by Gasteiger charge is -2.27. The van der Waals surface area contributed by atoms with Crippen molar-refractivity contribution >= 4 is 17.1 Å². The van der Waals surface area contributed by atoms with Crippen LogP contribution in [-0.4, -0.2) is 38.6 Å². The summed E-state index contributed by atoms with van der Waals surface area (Å²) in [5.41, 5.74) is 2.98. The third-order valence-electron chi connectivity index (χ3n) is 5.15. The van der Waals surface area contributed by atoms with Crippen LogP contribution in [0, 0.1) is 11.3 Å². The second-order valence-electron chi connectivity index (χ2n) is 7.06. The normalized spacial score (nSPS) is 18.4. The maximum atomic E-state index is 9.71. The number of ether oxygens (including phenoxy) is 3. The lowest BCUT2D eigenvalue weighted by atomic mass is 9.93. The van der Waals surface area contributed by atoms with Crippen LogP contribution in [0.2, 0.25) is 0 Å². The minimum atomic E-state index is -0.212. The van der Waals surface area contributed by atoms with Crippen LogP contribution in [-0.2, 0) is 0 Å². The molecule has 1 fully saturated rings. The Balaban J connectivity index is 1.84. The first-order chi connectivity index (χ1) is 14.1. The summed E-state index contributed by atoms with van der Waals surface area (Å²) in [4.78, 5) is 0. The van der Waals surface area contributed by atoms with E-state index in [4.69, 9.17) is 14.2 Å². The van der Waals surface area contributed by atoms with Crippen molar-refractivity contribution in [3.63, 3.8) is 0 Å². The highest BCUT2D eigenvalue weighted by Crippen LogP contribution is 2.41. The number of anilines is 3. The third-order valence-corrected chi connectivity index (χ3v) is 5.15. The Hall–Kier alpha value is -3.11. The SMILES string of the molecule is COc1cc(Nc2ccc(C#N)c(NC3CCC(O)CC3)c2)cc(OC)c1OC. The fourth-order valence-corrected chi connectivity index (χ4v) is 3.60. The molecule has 1 saturated carbocycles. The van der Waals surface area contributed by atoms with Gasteiger partial charge in [-0.15, -0.1) is 0 Å². The molecule has 1 aliphatic rings. The molecule has 3 N–H and O–H groups in total. The number of methoxy groups -OCH3 is 3. The highest BCUT2D eigenvalue weighted by atomic mass is 16.5. The summed E-state index contributed by atoms with van der Waals surface area (Å²) in [6, 6.07) is 11.7. The Morgan fingerprint density at radius 1 is 0.931 bits per heavy atom. The summed E-state index contributed by atoms with van der Waals surface area (Å²) in [6.07, 6.45) is 3.12. The molecule has 0 aromatic heterocycles. The number of aliphatic hydroxyl groups excluding tert-OH is 1. The standard InChI is InChI=1S/C22H27N3O4/c1-27-20-11-17(12-21(28-2)22(20)29-3)24-16-5-4-14(13-23)19(10-16)25-15-6-8-18(26)9-7-15/h4-5,10-12,15,18,24-26H,6-9H2,1-3H3. The van der Waals surface area contributed by atoms with Crippen molar-refractivity contribution in [1.29, 1.82) is 5.26 Å². The van der Waals surface area contributed by atoms with Gasteiger partial charge < -0.3 is 30.0 Å². The summed E-state index contributed by atoms with van der Waals surface area (Å²) in [5.74, 6) is 1.64. The molecule has 7 heteroatoms. The van der Waals surface area contributed by atoms with E-state index in [1.807, 2.05) is 24.3 Å². The van der Waals surface area contributed by atoms with Gasteiger partial charge in [0.05, 0.1) is 38.7 Å². The number of hydrogen-bond acceptors (Lipinski definition) is 7. The van der Waals surface area contributed by atoms with E-state index in [0.29, 0.717) is 22.8 Å². The molecule has 1 aliphatic carbocycles. The van der Waals surface area contributed by atoms with Crippen LogP contribution in [0.25, 0.3) is 0 Å². The molecule has 0 amide bonds. The molecule has 0 saturated heterocycles. The molecule has 0 aliphatic heterocycles. The Morgan fingerprint density at radius 2 is 1.59 bits per heavy atom. The highest BCUT2D eigenvalue weighted by molar-refractivity contribution is 5.72. The second kappa shape index (κ2) is 9.39. The molecular formula is C22H27N3O4. The van der Waals surface area contributed by atoms with Crippen LogP contribution in [0.5, 0.6) is 17.2 Å². The zero-order valence-electron chi connectivity index (χ0n) is 17.0. The highest BCUT2D eigenvalue weighted by Gasteiger charge is 2.20. The molecule has 3 rings (SSSR count). The van der Waals surface area contributed by atoms with Crippen molar-refractivity contribution in [3.8, 4) is 23.3 Å². The zero-order valence-corrected chi connectivity index (χ0v) is 17.0. The second-order valence-corrected chi connectivity index (χ2v) is 7.06. The topological polar surface area (TPSA) is 95.8 Å². The quantitative estimate of drug-likeness (QED) is 0.649. The van der Waals surface area contributed by atoms with Crippen LogP contribution >= 0.6 is 0 Å². The molecule has 0 radical (unpaired) electrons. The van der Waals surface area contributed by atoms with Crippen LogP contribution in [0.1, 0.15) is 31.2 Å². The van der Waals surface area contributed by atoms with E-state index in [1.54, 1.807) is 27.4 Å². The Morgan fingerprint density at radius 3 is 2.14 bits per heavy atom. The number of aliphatic hydroxyl groups is 1. The predicted molar refractivity (Wildman–Crippen MR) is 112 cm³/mol. The molecule has 0 bridgehead atoms. The first-order valence-corrected chi connectivity index (χ1v) is 9.63. The van der Waals surface area contributed by atoms with Gasteiger partial charge in [-0.1, -0.05) is 0 Å². The number of benzene rings is 2. The molecule has 0 heterocycles. The zero-order chi connectivity index (χ0) is 20.8. The number of nitrogens with one attached hydrogen (secondary N) is 2. The van der Waals surface area contributed by atoms with E-state index in [9.17, 15) is 10.4 Å². The van der Waals surface area contributed by atoms with Crippen molar-refractivity contribution < 1.29 is 19.3 Å². The molecule has 7 nitrogen and oxygen atoms in total. The van der Waals surface area contributed by atoms with Gasteiger partial charge in [0.1, 0.15) is 6.07 Å². The van der Waals surface area contributed by atoms with Gasteiger partial charge >= 0.3 is 0 Å². The van der Waals surface area contributed by atoms with Gasteiger partial charge in [-0.05, 0) is 43.9 Å². The molecule has 29 heavy (non-hydrogen) atoms. The fourth-order valence-electron chi connectivity index (χ4n) is 3.60. The van der Waals surface area contributed by atoms with Crippen molar-refractivity contribution in [2.45, 2.75) is 37.8 Å². The summed E-state index contributed by atoms with van der Waals surface area (Å²) in [5, 5.41) is 26.0. The summed E-state index contributed by atoms with van der Waals surface area (Å²) < 4.78 is 16.2. The first kappa shape index (κ1) is 20.6. The summed E-state index contributed by atoms with van der Waals surface area (Å²) >= 11 is 0. The lowest BCUT2D eigenvalue weighted by Crippen LogP contribution is -2.28. The summed E-state index contributed by atoms with van der Waals surface area (Å²) in [6.45, 7) is 0. The van der Waals surface area contributed by atoms with E-state index >= 15 is 0 Å². The molecular weight excluding hydrogens is 370 g/mol. The smallest absolute Gasteiger partial charge is 0.203 e. The Kier molecular flexibility index (Phi) is 6.68. The van der Waals surface area contributed by atoms with E-state index in [2.05, 4.69) is 16.7 Å². The minimum Gasteiger partial charge on any atom is -0.493 e. The number of hydrogen-bond donors (Lipinski definition) is 3. The molecule has 0 unspecified atom stereocenters. The van der Waals surface area contributed by atoms with Gasteiger partial charge in [0.15, 0.2) is 11.5 Å². The van der Waals surface area contributed by atoms with E-state index < -0.39 is 0 Å². The van der Waals surface area contributed by atoms with Gasteiger partial charge in [0.25, 0.3) is 0 Å². The van der Waals surface area contributed by atoms with E-state index in [1.165, 1.54) is 0 Å². The van der Waals surface area contributed by atoms with Crippen molar-refractivity contribution in [3.05, 3.63) is 35.9 Å². The Labute approximate surface area is 171 Å². The van der Waals surface area contributed by atoms with Gasteiger partial charge in [-0.2, -0.15) is 5.26 Å². The first-order valence-electron chi connectivity index (χ1n) is 9.63. The largest absolute Gasteiger partial charge is 0.493 e. The number of nitrogens with zero attached hydrogens (tertiary/aromatic N) is 1. The van der Waals surface area contributed by atoms with Crippen molar-refractivity contribution in [2.75, 3.05) is 32.0 Å². The third kappa shape index (κ3) is 4.84. The number of rotatable bonds is 7. The van der Waals surface area contributed by atoms with Crippen molar-refractivity contribution in [2.24, 2.45) is 0 Å². The average Bonchev–Trinajstić information content (AvgIpc) is 2.74.